The van der Waals surface area contributed by atoms with Crippen LogP contribution in [-0.2, 0) is 0 Å². The van der Waals surface area contributed by atoms with Crippen molar-refractivity contribution in [2.24, 2.45) is 0 Å². The van der Waals surface area contributed by atoms with E-state index in [4.69, 9.17) is 4.74 Å². The number of rotatable bonds is 3. The fraction of sp³-hybridized carbons (Fsp3) is 0.200. The molecular formula is C15H14N2O3S. The number of fused-ring (bicyclic) bond motifs is 2. The van der Waals surface area contributed by atoms with E-state index in [0.29, 0.717) is 18.0 Å². The summed E-state index contributed by atoms with van der Waals surface area (Å²) in [6, 6.07) is 9.30. The fourth-order valence-corrected chi connectivity index (χ4v) is 3.39. The first-order chi connectivity index (χ1) is 10.1. The highest BCUT2D eigenvalue weighted by Crippen LogP contribution is 2.49. The second-order valence-corrected chi connectivity index (χ2v) is 5.82. The van der Waals surface area contributed by atoms with Crippen molar-refractivity contribution in [1.82, 2.24) is 0 Å². The van der Waals surface area contributed by atoms with Gasteiger partial charge < -0.3 is 10.1 Å². The van der Waals surface area contributed by atoms with Crippen LogP contribution in [0, 0.1) is 17.0 Å². The summed E-state index contributed by atoms with van der Waals surface area (Å²) in [5, 5.41) is 14.5. The van der Waals surface area contributed by atoms with Crippen molar-refractivity contribution in [2.45, 2.75) is 23.6 Å². The molecule has 2 aromatic carbocycles. The van der Waals surface area contributed by atoms with Gasteiger partial charge in [0.1, 0.15) is 11.4 Å². The standard InChI is InChI=1S/C15H14N2O3S/c1-3-20-10-7-12(17(18)19)15-14(8-10)21-13-6-9(2)4-5-11(13)16-15/h4-8,16H,3H2,1-2H3. The van der Waals surface area contributed by atoms with E-state index in [1.807, 2.05) is 32.0 Å². The largest absolute Gasteiger partial charge is 0.494 e. The molecule has 1 aliphatic rings. The first-order valence-corrected chi connectivity index (χ1v) is 7.41. The Morgan fingerprint density at radius 2 is 2.10 bits per heavy atom. The maximum atomic E-state index is 11.3. The molecule has 0 fully saturated rings. The number of anilines is 2. The molecule has 1 heterocycles. The molecule has 0 unspecified atom stereocenters. The van der Waals surface area contributed by atoms with Gasteiger partial charge in [-0.3, -0.25) is 10.1 Å². The number of hydrogen-bond donors (Lipinski definition) is 1. The van der Waals surface area contributed by atoms with Crippen LogP contribution >= 0.6 is 11.8 Å². The summed E-state index contributed by atoms with van der Waals surface area (Å²) in [5.74, 6) is 0.522. The summed E-state index contributed by atoms with van der Waals surface area (Å²) in [6.07, 6.45) is 0. The van der Waals surface area contributed by atoms with Crippen molar-refractivity contribution in [3.05, 3.63) is 46.0 Å². The van der Waals surface area contributed by atoms with Crippen LogP contribution in [0.1, 0.15) is 12.5 Å². The SMILES string of the molecule is CCOc1cc2c(c([N+](=O)[O-])c1)Nc1ccc(C)cc1S2. The zero-order chi connectivity index (χ0) is 15.0. The Bertz CT molecular complexity index is 731. The molecule has 0 saturated heterocycles. The topological polar surface area (TPSA) is 64.4 Å². The Kier molecular flexibility index (Phi) is 3.47. The molecule has 2 aromatic rings. The average Bonchev–Trinajstić information content (AvgIpc) is 2.44. The molecule has 0 aliphatic carbocycles. The second-order valence-electron chi connectivity index (χ2n) is 4.73. The number of ether oxygens (including phenoxy) is 1. The number of hydrogen-bond acceptors (Lipinski definition) is 5. The lowest BCUT2D eigenvalue weighted by Gasteiger charge is -2.21. The van der Waals surface area contributed by atoms with Gasteiger partial charge in [0.2, 0.25) is 0 Å². The molecule has 0 bridgehead atoms. The Balaban J connectivity index is 2.11. The van der Waals surface area contributed by atoms with Gasteiger partial charge in [-0.15, -0.1) is 0 Å². The monoisotopic (exact) mass is 302 g/mol. The number of benzene rings is 2. The maximum Gasteiger partial charge on any atom is 0.297 e. The molecule has 0 spiro atoms. The molecule has 0 saturated carbocycles. The van der Waals surface area contributed by atoms with E-state index < -0.39 is 0 Å². The van der Waals surface area contributed by atoms with E-state index in [2.05, 4.69) is 11.4 Å². The molecule has 6 heteroatoms. The summed E-state index contributed by atoms with van der Waals surface area (Å²) in [4.78, 5) is 12.8. The van der Waals surface area contributed by atoms with Crippen LogP contribution < -0.4 is 10.1 Å². The molecule has 0 amide bonds. The van der Waals surface area contributed by atoms with Crippen LogP contribution in [-0.4, -0.2) is 11.5 Å². The van der Waals surface area contributed by atoms with Gasteiger partial charge in [-0.1, -0.05) is 17.8 Å². The summed E-state index contributed by atoms with van der Waals surface area (Å²) < 4.78 is 5.43. The summed E-state index contributed by atoms with van der Waals surface area (Å²) in [6.45, 7) is 4.36. The van der Waals surface area contributed by atoms with E-state index in [0.717, 1.165) is 21.0 Å². The van der Waals surface area contributed by atoms with Crippen molar-refractivity contribution >= 4 is 28.8 Å². The van der Waals surface area contributed by atoms with Crippen LogP contribution in [0.5, 0.6) is 5.75 Å². The zero-order valence-electron chi connectivity index (χ0n) is 11.7. The Labute approximate surface area is 126 Å². The van der Waals surface area contributed by atoms with Gasteiger partial charge in [0.15, 0.2) is 0 Å². The third kappa shape index (κ3) is 2.54. The quantitative estimate of drug-likeness (QED) is 0.569. The van der Waals surface area contributed by atoms with Crippen molar-refractivity contribution in [3.8, 4) is 5.75 Å². The van der Waals surface area contributed by atoms with Crippen LogP contribution in [0.15, 0.2) is 40.1 Å². The first-order valence-electron chi connectivity index (χ1n) is 6.59. The first kappa shape index (κ1) is 13.8. The molecule has 21 heavy (non-hydrogen) atoms. The fourth-order valence-electron chi connectivity index (χ4n) is 2.25. The third-order valence-corrected chi connectivity index (χ3v) is 4.28. The van der Waals surface area contributed by atoms with Gasteiger partial charge in [-0.05, 0) is 37.6 Å². The second kappa shape index (κ2) is 5.29. The van der Waals surface area contributed by atoms with Gasteiger partial charge in [0.25, 0.3) is 5.69 Å². The maximum absolute atomic E-state index is 11.3. The Morgan fingerprint density at radius 3 is 2.81 bits per heavy atom. The van der Waals surface area contributed by atoms with E-state index in [9.17, 15) is 10.1 Å². The van der Waals surface area contributed by atoms with Crippen molar-refractivity contribution < 1.29 is 9.66 Å². The van der Waals surface area contributed by atoms with Crippen LogP contribution in [0.25, 0.3) is 0 Å². The molecule has 1 aliphatic heterocycles. The van der Waals surface area contributed by atoms with Crippen molar-refractivity contribution in [2.75, 3.05) is 11.9 Å². The number of nitrogens with one attached hydrogen (secondary N) is 1. The Morgan fingerprint density at radius 1 is 1.29 bits per heavy atom. The number of aryl methyl sites for hydroxylation is 1. The number of nitro groups is 1. The normalized spacial score (nSPS) is 12.1. The molecular weight excluding hydrogens is 288 g/mol. The van der Waals surface area contributed by atoms with Gasteiger partial charge in [-0.25, -0.2) is 0 Å². The molecule has 5 nitrogen and oxygen atoms in total. The van der Waals surface area contributed by atoms with Crippen molar-refractivity contribution in [1.29, 1.82) is 0 Å². The minimum Gasteiger partial charge on any atom is -0.494 e. The lowest BCUT2D eigenvalue weighted by atomic mass is 10.2. The highest BCUT2D eigenvalue weighted by atomic mass is 32.2. The summed E-state index contributed by atoms with van der Waals surface area (Å²) in [7, 11) is 0. The highest BCUT2D eigenvalue weighted by Gasteiger charge is 2.25. The summed E-state index contributed by atoms with van der Waals surface area (Å²) >= 11 is 1.52. The van der Waals surface area contributed by atoms with Crippen LogP contribution in [0.2, 0.25) is 0 Å². The zero-order valence-corrected chi connectivity index (χ0v) is 12.5. The molecule has 3 rings (SSSR count). The number of nitrogens with zero attached hydrogens (tertiary/aromatic N) is 1. The highest BCUT2D eigenvalue weighted by molar-refractivity contribution is 7.99. The number of nitro benzene ring substituents is 1. The molecule has 1 N–H and O–H groups in total. The molecule has 0 aromatic heterocycles. The predicted molar refractivity (Wildman–Crippen MR) is 82.9 cm³/mol. The van der Waals surface area contributed by atoms with Crippen molar-refractivity contribution in [3.63, 3.8) is 0 Å². The van der Waals surface area contributed by atoms with Gasteiger partial charge in [0.05, 0.1) is 23.3 Å². The third-order valence-electron chi connectivity index (χ3n) is 3.18. The molecule has 0 atom stereocenters. The smallest absolute Gasteiger partial charge is 0.297 e. The lowest BCUT2D eigenvalue weighted by molar-refractivity contribution is -0.384. The predicted octanol–water partition coefficient (Wildman–Crippen LogP) is 4.51. The average molecular weight is 302 g/mol. The van der Waals surface area contributed by atoms with E-state index in [-0.39, 0.29) is 10.6 Å². The minimum absolute atomic E-state index is 0.0367. The molecule has 0 radical (unpaired) electrons. The van der Waals surface area contributed by atoms with Gasteiger partial charge in [-0.2, -0.15) is 0 Å². The van der Waals surface area contributed by atoms with E-state index in [1.54, 1.807) is 0 Å². The van der Waals surface area contributed by atoms with Gasteiger partial charge >= 0.3 is 0 Å². The Hall–Kier alpha value is -2.21. The van der Waals surface area contributed by atoms with Crippen LogP contribution in [0.3, 0.4) is 0 Å². The minimum atomic E-state index is -0.381. The van der Waals surface area contributed by atoms with E-state index >= 15 is 0 Å². The molecule has 108 valence electrons. The van der Waals surface area contributed by atoms with Crippen LogP contribution in [0.4, 0.5) is 17.1 Å². The van der Waals surface area contributed by atoms with Gasteiger partial charge in [0, 0.05) is 9.79 Å². The summed E-state index contributed by atoms with van der Waals surface area (Å²) in [5.41, 5.74) is 2.62. The van der Waals surface area contributed by atoms with E-state index in [1.165, 1.54) is 17.8 Å². The lowest BCUT2D eigenvalue weighted by Crippen LogP contribution is -2.05.